The van der Waals surface area contributed by atoms with Gasteiger partial charge in [-0.25, -0.2) is 0 Å². The van der Waals surface area contributed by atoms with Crippen LogP contribution in [0.1, 0.15) is 34.0 Å². The lowest BCUT2D eigenvalue weighted by atomic mass is 9.90. The Labute approximate surface area is 188 Å². The van der Waals surface area contributed by atoms with Crippen LogP contribution >= 0.6 is 11.3 Å². The number of nitrogens with zero attached hydrogens (tertiary/aromatic N) is 3. The number of aryl methyl sites for hydroxylation is 1. The quantitative estimate of drug-likeness (QED) is 0.716. The SMILES string of the molecule is COCC(=O)N1CCCN(C(=O)CN2CCc3sccc3C2c2ccccc2C)CC1. The molecule has 0 radical (unpaired) electrons. The first kappa shape index (κ1) is 22.0. The van der Waals surface area contributed by atoms with Gasteiger partial charge in [-0.1, -0.05) is 24.3 Å². The Balaban J connectivity index is 1.48. The second-order valence-electron chi connectivity index (χ2n) is 8.33. The molecule has 1 saturated heterocycles. The summed E-state index contributed by atoms with van der Waals surface area (Å²) in [5, 5.41) is 2.17. The lowest BCUT2D eigenvalue weighted by molar-refractivity contribution is -0.136. The number of fused-ring (bicyclic) bond motifs is 1. The number of benzene rings is 1. The van der Waals surface area contributed by atoms with Gasteiger partial charge in [-0.15, -0.1) is 11.3 Å². The Morgan fingerprint density at radius 3 is 2.48 bits per heavy atom. The molecule has 2 aliphatic rings. The maximum Gasteiger partial charge on any atom is 0.248 e. The highest BCUT2D eigenvalue weighted by Gasteiger charge is 2.33. The molecular formula is C24H31N3O3S. The Bertz CT molecular complexity index is 928. The minimum atomic E-state index is -0.00238. The zero-order valence-corrected chi connectivity index (χ0v) is 19.2. The minimum absolute atomic E-state index is 0.00238. The van der Waals surface area contributed by atoms with Crippen LogP contribution in [-0.4, -0.2) is 79.5 Å². The molecule has 3 heterocycles. The maximum atomic E-state index is 13.3. The molecule has 7 heteroatoms. The van der Waals surface area contributed by atoms with Crippen LogP contribution in [0, 0.1) is 6.92 Å². The third kappa shape index (κ3) is 4.84. The number of carbonyl (C=O) groups excluding carboxylic acids is 2. The molecule has 1 aromatic carbocycles. The van der Waals surface area contributed by atoms with E-state index in [-0.39, 0.29) is 24.5 Å². The molecule has 0 aliphatic carbocycles. The first-order chi connectivity index (χ1) is 15.1. The van der Waals surface area contributed by atoms with Crippen LogP contribution in [0.15, 0.2) is 35.7 Å². The second-order valence-corrected chi connectivity index (χ2v) is 9.33. The van der Waals surface area contributed by atoms with E-state index in [4.69, 9.17) is 4.74 Å². The van der Waals surface area contributed by atoms with Crippen molar-refractivity contribution in [2.75, 3.05) is 53.0 Å². The zero-order chi connectivity index (χ0) is 21.8. The van der Waals surface area contributed by atoms with E-state index in [2.05, 4.69) is 47.5 Å². The van der Waals surface area contributed by atoms with Gasteiger partial charge in [0.25, 0.3) is 0 Å². The normalized spacial score (nSPS) is 19.7. The highest BCUT2D eigenvalue weighted by atomic mass is 32.1. The van der Waals surface area contributed by atoms with Crippen LogP contribution in [0.5, 0.6) is 0 Å². The Kier molecular flexibility index (Phi) is 7.05. The van der Waals surface area contributed by atoms with E-state index in [1.54, 1.807) is 0 Å². The first-order valence-electron chi connectivity index (χ1n) is 11.0. The zero-order valence-electron chi connectivity index (χ0n) is 18.4. The number of amides is 2. The maximum absolute atomic E-state index is 13.3. The van der Waals surface area contributed by atoms with Crippen molar-refractivity contribution < 1.29 is 14.3 Å². The fourth-order valence-electron chi connectivity index (χ4n) is 4.70. The molecule has 2 amide bonds. The first-order valence-corrected chi connectivity index (χ1v) is 11.9. The average Bonchev–Trinajstić information content (AvgIpc) is 3.10. The number of methoxy groups -OCH3 is 1. The van der Waals surface area contributed by atoms with Crippen molar-refractivity contribution in [1.29, 1.82) is 0 Å². The van der Waals surface area contributed by atoms with Crippen LogP contribution in [0.4, 0.5) is 0 Å². The highest BCUT2D eigenvalue weighted by Crippen LogP contribution is 2.38. The van der Waals surface area contributed by atoms with Crippen LogP contribution in [-0.2, 0) is 20.7 Å². The van der Waals surface area contributed by atoms with Gasteiger partial charge in [0, 0.05) is 44.7 Å². The fourth-order valence-corrected chi connectivity index (χ4v) is 5.61. The lowest BCUT2D eigenvalue weighted by Gasteiger charge is -2.37. The van der Waals surface area contributed by atoms with Gasteiger partial charge >= 0.3 is 0 Å². The van der Waals surface area contributed by atoms with Gasteiger partial charge in [-0.2, -0.15) is 0 Å². The van der Waals surface area contributed by atoms with Crippen molar-refractivity contribution in [1.82, 2.24) is 14.7 Å². The van der Waals surface area contributed by atoms with Gasteiger partial charge in [0.1, 0.15) is 6.61 Å². The topological polar surface area (TPSA) is 53.1 Å². The Morgan fingerprint density at radius 1 is 1.00 bits per heavy atom. The fraction of sp³-hybridized carbons (Fsp3) is 0.500. The van der Waals surface area contributed by atoms with E-state index in [1.807, 2.05) is 21.1 Å². The molecule has 6 nitrogen and oxygen atoms in total. The summed E-state index contributed by atoms with van der Waals surface area (Å²) in [5.41, 5.74) is 3.87. The van der Waals surface area contributed by atoms with Crippen molar-refractivity contribution in [3.05, 3.63) is 57.3 Å². The van der Waals surface area contributed by atoms with Crippen molar-refractivity contribution in [3.8, 4) is 0 Å². The predicted octanol–water partition coefficient (Wildman–Crippen LogP) is 2.71. The van der Waals surface area contributed by atoms with Gasteiger partial charge < -0.3 is 14.5 Å². The summed E-state index contributed by atoms with van der Waals surface area (Å²) >= 11 is 1.82. The molecule has 2 aromatic rings. The lowest BCUT2D eigenvalue weighted by Crippen LogP contribution is -2.45. The molecule has 2 aliphatic heterocycles. The monoisotopic (exact) mass is 441 g/mol. The molecule has 1 unspecified atom stereocenters. The summed E-state index contributed by atoms with van der Waals surface area (Å²) in [6.07, 6.45) is 1.79. The number of hydrogen-bond acceptors (Lipinski definition) is 5. The highest BCUT2D eigenvalue weighted by molar-refractivity contribution is 7.10. The Hall–Kier alpha value is -2.22. The molecule has 1 aromatic heterocycles. The van der Waals surface area contributed by atoms with Crippen molar-refractivity contribution in [2.24, 2.45) is 0 Å². The van der Waals surface area contributed by atoms with E-state index >= 15 is 0 Å². The number of carbonyl (C=O) groups is 2. The predicted molar refractivity (Wildman–Crippen MR) is 122 cm³/mol. The second kappa shape index (κ2) is 9.94. The molecule has 4 rings (SSSR count). The van der Waals surface area contributed by atoms with Gasteiger partial charge in [-0.05, 0) is 47.9 Å². The summed E-state index contributed by atoms with van der Waals surface area (Å²) in [6, 6.07) is 10.8. The summed E-state index contributed by atoms with van der Waals surface area (Å²) < 4.78 is 4.98. The number of rotatable bonds is 5. The number of thiophene rings is 1. The van der Waals surface area contributed by atoms with E-state index in [0.717, 1.165) is 19.4 Å². The average molecular weight is 442 g/mol. The third-order valence-corrected chi connectivity index (χ3v) is 7.35. The number of hydrogen-bond donors (Lipinski definition) is 0. The molecule has 0 bridgehead atoms. The molecule has 31 heavy (non-hydrogen) atoms. The van der Waals surface area contributed by atoms with Crippen molar-refractivity contribution in [2.45, 2.75) is 25.8 Å². The molecule has 0 spiro atoms. The summed E-state index contributed by atoms with van der Waals surface area (Å²) in [7, 11) is 1.54. The Morgan fingerprint density at radius 2 is 1.74 bits per heavy atom. The van der Waals surface area contributed by atoms with E-state index < -0.39 is 0 Å². The van der Waals surface area contributed by atoms with Gasteiger partial charge in [0.15, 0.2) is 0 Å². The molecule has 166 valence electrons. The molecular weight excluding hydrogens is 410 g/mol. The smallest absolute Gasteiger partial charge is 0.248 e. The van der Waals surface area contributed by atoms with Gasteiger partial charge in [-0.3, -0.25) is 14.5 Å². The van der Waals surface area contributed by atoms with Crippen molar-refractivity contribution >= 4 is 23.2 Å². The van der Waals surface area contributed by atoms with E-state index in [9.17, 15) is 9.59 Å². The molecule has 0 saturated carbocycles. The molecule has 1 atom stereocenters. The number of ether oxygens (including phenoxy) is 1. The molecule has 0 N–H and O–H groups in total. The standard InChI is InChI=1S/C24H31N3O3S/c1-18-6-3-4-7-19(18)24-20-9-15-31-21(20)8-12-27(24)16-22(28)25-10-5-11-26(14-13-25)23(29)17-30-2/h3-4,6-7,9,15,24H,5,8,10-14,16-17H2,1-2H3. The van der Waals surface area contributed by atoms with Crippen LogP contribution in [0.25, 0.3) is 0 Å². The van der Waals surface area contributed by atoms with E-state index in [0.29, 0.717) is 32.7 Å². The third-order valence-electron chi connectivity index (χ3n) is 6.36. The van der Waals surface area contributed by atoms with Crippen LogP contribution in [0.3, 0.4) is 0 Å². The van der Waals surface area contributed by atoms with Gasteiger partial charge in [0.2, 0.25) is 11.8 Å². The van der Waals surface area contributed by atoms with Crippen LogP contribution in [0.2, 0.25) is 0 Å². The molecule has 1 fully saturated rings. The van der Waals surface area contributed by atoms with Crippen LogP contribution < -0.4 is 0 Å². The van der Waals surface area contributed by atoms with E-state index in [1.165, 1.54) is 28.7 Å². The summed E-state index contributed by atoms with van der Waals surface area (Å²) in [4.78, 5) is 33.0. The largest absolute Gasteiger partial charge is 0.375 e. The summed E-state index contributed by atoms with van der Waals surface area (Å²) in [6.45, 7) is 6.07. The van der Waals surface area contributed by atoms with Gasteiger partial charge in [0.05, 0.1) is 12.6 Å². The van der Waals surface area contributed by atoms with Crippen molar-refractivity contribution in [3.63, 3.8) is 0 Å². The summed E-state index contributed by atoms with van der Waals surface area (Å²) in [5.74, 6) is 0.149. The minimum Gasteiger partial charge on any atom is -0.375 e.